The van der Waals surface area contributed by atoms with E-state index in [0.717, 1.165) is 43.8 Å². The fourth-order valence-electron chi connectivity index (χ4n) is 3.59. The molecule has 1 aromatic carbocycles. The Balaban J connectivity index is 1.50. The lowest BCUT2D eigenvalue weighted by Crippen LogP contribution is -2.43. The molecule has 0 aliphatic carbocycles. The average Bonchev–Trinajstić information content (AvgIpc) is 2.61. The second-order valence-corrected chi connectivity index (χ2v) is 7.27. The van der Waals surface area contributed by atoms with Gasteiger partial charge in [-0.05, 0) is 69.0 Å². The topological polar surface area (TPSA) is 61.8 Å². The van der Waals surface area contributed by atoms with E-state index in [2.05, 4.69) is 10.2 Å². The first-order chi connectivity index (χ1) is 12.0. The number of nitrogens with one attached hydrogen (secondary N) is 1. The molecule has 0 saturated carbocycles. The third-order valence-electron chi connectivity index (χ3n) is 4.94. The Hall–Kier alpha value is -1.85. The van der Waals surface area contributed by atoms with Gasteiger partial charge in [-0.15, -0.1) is 0 Å². The number of rotatable bonds is 6. The summed E-state index contributed by atoms with van der Waals surface area (Å²) in [5.74, 6) is 1.24. The van der Waals surface area contributed by atoms with Crippen molar-refractivity contribution in [3.05, 3.63) is 41.5 Å². The molecule has 3 fully saturated rings. The zero-order valence-corrected chi connectivity index (χ0v) is 15.1. The summed E-state index contributed by atoms with van der Waals surface area (Å²) in [5.41, 5.74) is 2.01. The molecule has 136 valence electrons. The van der Waals surface area contributed by atoms with Gasteiger partial charge in [-0.2, -0.15) is 0 Å². The van der Waals surface area contributed by atoms with Crippen LogP contribution in [-0.4, -0.2) is 48.2 Å². The highest BCUT2D eigenvalue weighted by molar-refractivity contribution is 5.88. The molecule has 5 heteroatoms. The van der Waals surface area contributed by atoms with Gasteiger partial charge in [-0.1, -0.05) is 12.1 Å². The molecular weight excluding hydrogens is 316 g/mol. The van der Waals surface area contributed by atoms with Crippen molar-refractivity contribution in [2.45, 2.75) is 38.9 Å². The van der Waals surface area contributed by atoms with Crippen LogP contribution in [0.3, 0.4) is 0 Å². The van der Waals surface area contributed by atoms with Crippen LogP contribution in [-0.2, 0) is 4.79 Å². The molecule has 25 heavy (non-hydrogen) atoms. The van der Waals surface area contributed by atoms with Gasteiger partial charge in [0, 0.05) is 19.2 Å². The maximum Gasteiger partial charge on any atom is 0.244 e. The molecule has 1 atom stereocenters. The standard InChI is InChI=1S/C20H28N2O3/c1-14(2)25-18-5-3-16(4-6-18)19(23)12-21-20(24)11-17-13-22-9-7-15(17)8-10-22/h3-6,11,14-15,19,23H,7-10,12-13H2,1-2H3,(H,21,24)/b17-11-. The van der Waals surface area contributed by atoms with E-state index in [1.165, 1.54) is 5.57 Å². The number of carbonyl (C=O) groups excluding carboxylic acids is 1. The lowest BCUT2D eigenvalue weighted by atomic mass is 9.83. The Labute approximate surface area is 149 Å². The Morgan fingerprint density at radius 1 is 1.32 bits per heavy atom. The summed E-state index contributed by atoms with van der Waals surface area (Å²) in [7, 11) is 0. The number of amides is 1. The molecule has 3 heterocycles. The zero-order valence-electron chi connectivity index (χ0n) is 15.1. The number of benzene rings is 1. The summed E-state index contributed by atoms with van der Waals surface area (Å²) in [6, 6.07) is 7.35. The SMILES string of the molecule is CC(C)Oc1ccc(C(O)CNC(=O)/C=C2/CN3CCC2CC3)cc1. The quantitative estimate of drug-likeness (QED) is 0.777. The summed E-state index contributed by atoms with van der Waals surface area (Å²) in [4.78, 5) is 14.6. The molecule has 2 N–H and O–H groups in total. The Bertz CT molecular complexity index is 616. The minimum Gasteiger partial charge on any atom is -0.491 e. The van der Waals surface area contributed by atoms with Crippen LogP contribution >= 0.6 is 0 Å². The van der Waals surface area contributed by atoms with Crippen molar-refractivity contribution >= 4 is 5.91 Å². The molecule has 1 aromatic rings. The van der Waals surface area contributed by atoms with Gasteiger partial charge >= 0.3 is 0 Å². The number of nitrogens with zero attached hydrogens (tertiary/aromatic N) is 1. The monoisotopic (exact) mass is 344 g/mol. The van der Waals surface area contributed by atoms with Crippen LogP contribution < -0.4 is 10.1 Å². The van der Waals surface area contributed by atoms with Gasteiger partial charge in [-0.25, -0.2) is 0 Å². The highest BCUT2D eigenvalue weighted by Crippen LogP contribution is 2.31. The highest BCUT2D eigenvalue weighted by atomic mass is 16.5. The summed E-state index contributed by atoms with van der Waals surface area (Å²) >= 11 is 0. The van der Waals surface area contributed by atoms with Crippen molar-refractivity contribution in [2.75, 3.05) is 26.2 Å². The molecule has 4 rings (SSSR count). The van der Waals surface area contributed by atoms with Crippen molar-refractivity contribution in [3.63, 3.8) is 0 Å². The minimum absolute atomic E-state index is 0.109. The van der Waals surface area contributed by atoms with E-state index in [4.69, 9.17) is 4.74 Å². The number of piperidine rings is 3. The summed E-state index contributed by atoms with van der Waals surface area (Å²) in [5, 5.41) is 13.1. The van der Waals surface area contributed by atoms with E-state index in [9.17, 15) is 9.90 Å². The number of hydrogen-bond donors (Lipinski definition) is 2. The summed E-state index contributed by atoms with van der Waals surface area (Å²) < 4.78 is 5.59. The van der Waals surface area contributed by atoms with Gasteiger partial charge in [0.2, 0.25) is 5.91 Å². The van der Waals surface area contributed by atoms with Crippen LogP contribution in [0.4, 0.5) is 0 Å². The first kappa shape index (κ1) is 18.0. The molecule has 0 aromatic heterocycles. The smallest absolute Gasteiger partial charge is 0.244 e. The van der Waals surface area contributed by atoms with Gasteiger partial charge in [0.1, 0.15) is 5.75 Å². The van der Waals surface area contributed by atoms with E-state index in [1.807, 2.05) is 38.1 Å². The Kier molecular flexibility index (Phi) is 5.76. The van der Waals surface area contributed by atoms with Crippen LogP contribution in [0.5, 0.6) is 5.75 Å². The van der Waals surface area contributed by atoms with E-state index in [0.29, 0.717) is 5.92 Å². The van der Waals surface area contributed by atoms with Crippen molar-refractivity contribution in [3.8, 4) is 5.75 Å². The number of aliphatic hydroxyl groups is 1. The van der Waals surface area contributed by atoms with Crippen molar-refractivity contribution in [1.82, 2.24) is 10.2 Å². The molecule has 0 radical (unpaired) electrons. The van der Waals surface area contributed by atoms with Gasteiger partial charge < -0.3 is 15.2 Å². The van der Waals surface area contributed by atoms with E-state index in [1.54, 1.807) is 6.08 Å². The third kappa shape index (κ3) is 4.83. The molecule has 3 aliphatic heterocycles. The number of fused-ring (bicyclic) bond motifs is 3. The molecule has 1 amide bonds. The Morgan fingerprint density at radius 3 is 2.56 bits per heavy atom. The second-order valence-electron chi connectivity index (χ2n) is 7.27. The maximum atomic E-state index is 12.2. The number of ether oxygens (including phenoxy) is 1. The summed E-state index contributed by atoms with van der Waals surface area (Å²) in [6.45, 7) is 7.38. The van der Waals surface area contributed by atoms with Crippen LogP contribution in [0.15, 0.2) is 35.9 Å². The highest BCUT2D eigenvalue weighted by Gasteiger charge is 2.29. The summed E-state index contributed by atoms with van der Waals surface area (Å²) in [6.07, 6.45) is 3.46. The minimum atomic E-state index is -0.720. The predicted molar refractivity (Wildman–Crippen MR) is 97.4 cm³/mol. The molecule has 2 bridgehead atoms. The fraction of sp³-hybridized carbons (Fsp3) is 0.550. The molecule has 0 spiro atoms. The lowest BCUT2D eigenvalue weighted by molar-refractivity contribution is -0.117. The van der Waals surface area contributed by atoms with Crippen LogP contribution in [0.2, 0.25) is 0 Å². The lowest BCUT2D eigenvalue weighted by Gasteiger charge is -2.40. The first-order valence-corrected chi connectivity index (χ1v) is 9.16. The fourth-order valence-corrected chi connectivity index (χ4v) is 3.59. The number of hydrogen-bond acceptors (Lipinski definition) is 4. The first-order valence-electron chi connectivity index (χ1n) is 9.16. The molecule has 5 nitrogen and oxygen atoms in total. The zero-order chi connectivity index (χ0) is 17.8. The van der Waals surface area contributed by atoms with Crippen molar-refractivity contribution in [1.29, 1.82) is 0 Å². The molecule has 3 aliphatic rings. The average molecular weight is 344 g/mol. The number of aliphatic hydroxyl groups excluding tert-OH is 1. The van der Waals surface area contributed by atoms with E-state index in [-0.39, 0.29) is 18.6 Å². The largest absolute Gasteiger partial charge is 0.491 e. The molecular formula is C20H28N2O3. The van der Waals surface area contributed by atoms with Crippen LogP contribution in [0.25, 0.3) is 0 Å². The third-order valence-corrected chi connectivity index (χ3v) is 4.94. The maximum absolute atomic E-state index is 12.2. The Morgan fingerprint density at radius 2 is 2.00 bits per heavy atom. The number of carbonyl (C=O) groups is 1. The molecule has 1 unspecified atom stereocenters. The van der Waals surface area contributed by atoms with E-state index < -0.39 is 6.10 Å². The second kappa shape index (κ2) is 8.02. The van der Waals surface area contributed by atoms with Crippen LogP contribution in [0.1, 0.15) is 38.4 Å². The predicted octanol–water partition coefficient (Wildman–Crippen LogP) is 2.28. The molecule has 3 saturated heterocycles. The van der Waals surface area contributed by atoms with Gasteiger partial charge in [0.25, 0.3) is 0 Å². The van der Waals surface area contributed by atoms with Gasteiger partial charge in [-0.3, -0.25) is 9.69 Å². The van der Waals surface area contributed by atoms with Crippen molar-refractivity contribution < 1.29 is 14.6 Å². The normalized spacial score (nSPS) is 25.2. The van der Waals surface area contributed by atoms with Gasteiger partial charge in [0.15, 0.2) is 0 Å². The van der Waals surface area contributed by atoms with Crippen molar-refractivity contribution in [2.24, 2.45) is 5.92 Å². The van der Waals surface area contributed by atoms with Gasteiger partial charge in [0.05, 0.1) is 12.2 Å². The van der Waals surface area contributed by atoms with Crippen LogP contribution in [0, 0.1) is 5.92 Å². The van der Waals surface area contributed by atoms with E-state index >= 15 is 0 Å².